The average Bonchev–Trinajstić information content (AvgIpc) is 2.02. The van der Waals surface area contributed by atoms with Crippen molar-refractivity contribution in [3.8, 4) is 0 Å². The topological polar surface area (TPSA) is 60.4 Å². The molecule has 0 fully saturated rings. The zero-order valence-electron chi connectivity index (χ0n) is 7.70. The first-order chi connectivity index (χ1) is 5.97. The molecule has 0 rings (SSSR count). The van der Waals surface area contributed by atoms with E-state index in [9.17, 15) is 14.4 Å². The van der Waals surface area contributed by atoms with E-state index in [0.29, 0.717) is 0 Å². The third-order valence-electron chi connectivity index (χ3n) is 1.34. The van der Waals surface area contributed by atoms with Crippen LogP contribution in [0.15, 0.2) is 12.7 Å². The molecular weight excluding hydrogens is 172 g/mol. The van der Waals surface area contributed by atoms with Crippen molar-refractivity contribution in [3.05, 3.63) is 12.7 Å². The molecule has 1 atom stereocenters. The summed E-state index contributed by atoms with van der Waals surface area (Å²) in [6, 6.07) is 0. The van der Waals surface area contributed by atoms with Crippen LogP contribution in [0.25, 0.3) is 0 Å². The fraction of sp³-hybridized carbons (Fsp3) is 0.444. The quantitative estimate of drug-likeness (QED) is 0.357. The van der Waals surface area contributed by atoms with Gasteiger partial charge in [-0.15, -0.1) is 0 Å². The largest absolute Gasteiger partial charge is 0.452 e. The zero-order valence-corrected chi connectivity index (χ0v) is 7.70. The SMILES string of the molecule is C=CC(=O)OC(C)C(=O)CC(C)=O. The van der Waals surface area contributed by atoms with Crippen LogP contribution in [0.2, 0.25) is 0 Å². The molecule has 0 bridgehead atoms. The summed E-state index contributed by atoms with van der Waals surface area (Å²) in [5.74, 6) is -1.31. The molecule has 0 radical (unpaired) electrons. The summed E-state index contributed by atoms with van der Waals surface area (Å²) in [6.07, 6.45) is -0.113. The predicted molar refractivity (Wildman–Crippen MR) is 46.1 cm³/mol. The number of ether oxygens (including phenoxy) is 1. The van der Waals surface area contributed by atoms with Gasteiger partial charge in [-0.2, -0.15) is 0 Å². The maximum absolute atomic E-state index is 11.1. The molecule has 0 aliphatic carbocycles. The van der Waals surface area contributed by atoms with Gasteiger partial charge in [-0.3, -0.25) is 9.59 Å². The standard InChI is InChI=1S/C9H12O4/c1-4-9(12)13-7(3)8(11)5-6(2)10/h4,7H,1,5H2,2-3H3. The minimum Gasteiger partial charge on any atom is -0.452 e. The fourth-order valence-electron chi connectivity index (χ4n) is 0.677. The number of ketones is 2. The van der Waals surface area contributed by atoms with Crippen LogP contribution in [0.3, 0.4) is 0 Å². The van der Waals surface area contributed by atoms with E-state index >= 15 is 0 Å². The third-order valence-corrected chi connectivity index (χ3v) is 1.34. The van der Waals surface area contributed by atoms with Crippen LogP contribution in [0, 0.1) is 0 Å². The van der Waals surface area contributed by atoms with Crippen LogP contribution >= 0.6 is 0 Å². The number of carbonyl (C=O) groups is 3. The zero-order chi connectivity index (χ0) is 10.4. The summed E-state index contributed by atoms with van der Waals surface area (Å²) < 4.78 is 4.60. The van der Waals surface area contributed by atoms with Gasteiger partial charge in [0.05, 0.1) is 6.42 Å². The Labute approximate surface area is 76.6 Å². The molecule has 4 heteroatoms. The Bertz CT molecular complexity index is 242. The molecule has 0 heterocycles. The lowest BCUT2D eigenvalue weighted by atomic mass is 10.1. The first-order valence-electron chi connectivity index (χ1n) is 3.82. The molecule has 1 unspecified atom stereocenters. The molecule has 0 aromatic rings. The van der Waals surface area contributed by atoms with E-state index < -0.39 is 17.9 Å². The van der Waals surface area contributed by atoms with E-state index in [1.54, 1.807) is 0 Å². The van der Waals surface area contributed by atoms with Crippen LogP contribution in [0.4, 0.5) is 0 Å². The predicted octanol–water partition coefficient (Wildman–Crippen LogP) is 0.652. The maximum atomic E-state index is 11.1. The molecule has 0 aromatic carbocycles. The molecular formula is C9H12O4. The number of rotatable bonds is 5. The normalized spacial score (nSPS) is 11.5. The summed E-state index contributed by atoms with van der Waals surface area (Å²) in [7, 11) is 0. The monoisotopic (exact) mass is 184 g/mol. The van der Waals surface area contributed by atoms with Crippen molar-refractivity contribution in [1.29, 1.82) is 0 Å². The Morgan fingerprint density at radius 2 is 2.00 bits per heavy atom. The Kier molecular flexibility index (Phi) is 4.66. The van der Waals surface area contributed by atoms with Crippen LogP contribution < -0.4 is 0 Å². The van der Waals surface area contributed by atoms with Gasteiger partial charge in [-0.05, 0) is 13.8 Å². The highest BCUT2D eigenvalue weighted by molar-refractivity contribution is 6.00. The summed E-state index contributed by atoms with van der Waals surface area (Å²) in [6.45, 7) is 5.91. The first-order valence-corrected chi connectivity index (χ1v) is 3.82. The van der Waals surface area contributed by atoms with Gasteiger partial charge in [0, 0.05) is 6.08 Å². The van der Waals surface area contributed by atoms with Crippen molar-refractivity contribution in [2.75, 3.05) is 0 Å². The Morgan fingerprint density at radius 1 is 1.46 bits per heavy atom. The molecule has 0 saturated heterocycles. The van der Waals surface area contributed by atoms with Crippen molar-refractivity contribution in [2.45, 2.75) is 26.4 Å². The minimum atomic E-state index is -0.880. The molecule has 0 aliphatic heterocycles. The summed E-state index contributed by atoms with van der Waals surface area (Å²) in [5, 5.41) is 0. The van der Waals surface area contributed by atoms with Gasteiger partial charge < -0.3 is 4.74 Å². The Balaban J connectivity index is 4.03. The fourth-order valence-corrected chi connectivity index (χ4v) is 0.677. The van der Waals surface area contributed by atoms with Crippen molar-refractivity contribution in [3.63, 3.8) is 0 Å². The Hall–Kier alpha value is -1.45. The number of carbonyl (C=O) groups excluding carboxylic acids is 3. The smallest absolute Gasteiger partial charge is 0.330 e. The van der Waals surface area contributed by atoms with Crippen LogP contribution in [-0.4, -0.2) is 23.6 Å². The number of hydrogen-bond acceptors (Lipinski definition) is 4. The minimum absolute atomic E-state index is 0.203. The molecule has 0 saturated carbocycles. The van der Waals surface area contributed by atoms with Gasteiger partial charge >= 0.3 is 5.97 Å². The molecule has 72 valence electrons. The molecule has 4 nitrogen and oxygen atoms in total. The molecule has 0 aliphatic rings. The lowest BCUT2D eigenvalue weighted by Gasteiger charge is -2.08. The number of Topliss-reactive ketones (excluding diaryl/α,β-unsaturated/α-hetero) is 2. The van der Waals surface area contributed by atoms with Crippen LogP contribution in [-0.2, 0) is 19.1 Å². The molecule has 0 aromatic heterocycles. The van der Waals surface area contributed by atoms with E-state index in [1.165, 1.54) is 13.8 Å². The summed E-state index contributed by atoms with van der Waals surface area (Å²) in [4.78, 5) is 32.2. The molecule has 0 N–H and O–H groups in total. The molecule has 0 amide bonds. The molecule has 0 spiro atoms. The van der Waals surface area contributed by atoms with Crippen molar-refractivity contribution < 1.29 is 19.1 Å². The van der Waals surface area contributed by atoms with E-state index in [1.807, 2.05) is 0 Å². The van der Waals surface area contributed by atoms with Gasteiger partial charge in [0.25, 0.3) is 0 Å². The van der Waals surface area contributed by atoms with E-state index in [4.69, 9.17) is 0 Å². The third kappa shape index (κ3) is 4.90. The Morgan fingerprint density at radius 3 is 2.38 bits per heavy atom. The number of esters is 1. The van der Waals surface area contributed by atoms with Crippen molar-refractivity contribution in [2.24, 2.45) is 0 Å². The maximum Gasteiger partial charge on any atom is 0.330 e. The number of hydrogen-bond donors (Lipinski definition) is 0. The summed E-state index contributed by atoms with van der Waals surface area (Å²) >= 11 is 0. The van der Waals surface area contributed by atoms with Gasteiger partial charge in [-0.25, -0.2) is 4.79 Å². The lowest BCUT2D eigenvalue weighted by molar-refractivity contribution is -0.150. The highest BCUT2D eigenvalue weighted by Gasteiger charge is 2.17. The van der Waals surface area contributed by atoms with Crippen molar-refractivity contribution in [1.82, 2.24) is 0 Å². The van der Waals surface area contributed by atoms with E-state index in [2.05, 4.69) is 11.3 Å². The van der Waals surface area contributed by atoms with Gasteiger partial charge in [0.1, 0.15) is 5.78 Å². The van der Waals surface area contributed by atoms with Gasteiger partial charge in [-0.1, -0.05) is 6.58 Å². The van der Waals surface area contributed by atoms with E-state index in [0.717, 1.165) is 6.08 Å². The first kappa shape index (κ1) is 11.6. The lowest BCUT2D eigenvalue weighted by Crippen LogP contribution is -2.24. The van der Waals surface area contributed by atoms with Gasteiger partial charge in [0.2, 0.25) is 0 Å². The van der Waals surface area contributed by atoms with E-state index in [-0.39, 0.29) is 12.2 Å². The van der Waals surface area contributed by atoms with Gasteiger partial charge in [0.15, 0.2) is 11.9 Å². The summed E-state index contributed by atoms with van der Waals surface area (Å²) in [5.41, 5.74) is 0. The molecule has 13 heavy (non-hydrogen) atoms. The highest BCUT2D eigenvalue weighted by atomic mass is 16.5. The van der Waals surface area contributed by atoms with Crippen molar-refractivity contribution >= 4 is 17.5 Å². The second-order valence-electron chi connectivity index (χ2n) is 2.63. The van der Waals surface area contributed by atoms with Crippen LogP contribution in [0.5, 0.6) is 0 Å². The average molecular weight is 184 g/mol. The highest BCUT2D eigenvalue weighted by Crippen LogP contribution is 1.98. The second-order valence-corrected chi connectivity index (χ2v) is 2.63. The van der Waals surface area contributed by atoms with Crippen LogP contribution in [0.1, 0.15) is 20.3 Å². The second kappa shape index (κ2) is 5.24.